The van der Waals surface area contributed by atoms with Crippen molar-refractivity contribution in [2.75, 3.05) is 5.73 Å². The molecule has 3 aromatic carbocycles. The maximum atomic E-state index is 6.01. The molecule has 0 atom stereocenters. The summed E-state index contributed by atoms with van der Waals surface area (Å²) >= 11 is 1.60. The first kappa shape index (κ1) is 15.6. The number of nitrogens with zero attached hydrogens (tertiary/aromatic N) is 1. The van der Waals surface area contributed by atoms with E-state index in [0.717, 1.165) is 5.01 Å². The van der Waals surface area contributed by atoms with E-state index in [1.807, 2.05) is 23.6 Å². The van der Waals surface area contributed by atoms with E-state index in [4.69, 9.17) is 10.7 Å². The normalized spacial score (nSPS) is 11.4. The van der Waals surface area contributed by atoms with Gasteiger partial charge in [-0.05, 0) is 16.7 Å². The average molecular weight is 342 g/mol. The van der Waals surface area contributed by atoms with Gasteiger partial charge in [-0.25, -0.2) is 4.98 Å². The topological polar surface area (TPSA) is 38.9 Å². The molecule has 0 aliphatic rings. The molecule has 3 heteroatoms. The quantitative estimate of drug-likeness (QED) is 0.524. The molecule has 0 aliphatic carbocycles. The summed E-state index contributed by atoms with van der Waals surface area (Å²) in [5, 5.41) is 2.90. The number of thiazole rings is 1. The lowest BCUT2D eigenvalue weighted by molar-refractivity contribution is 0.737. The zero-order chi connectivity index (χ0) is 17.1. The second-order valence-electron chi connectivity index (χ2n) is 5.93. The van der Waals surface area contributed by atoms with E-state index < -0.39 is 5.41 Å². The highest BCUT2D eigenvalue weighted by Crippen LogP contribution is 2.46. The molecule has 1 heterocycles. The van der Waals surface area contributed by atoms with Gasteiger partial charge in [0.2, 0.25) is 0 Å². The van der Waals surface area contributed by atoms with E-state index in [0.29, 0.717) is 5.82 Å². The molecule has 0 radical (unpaired) electrons. The minimum atomic E-state index is -0.480. The van der Waals surface area contributed by atoms with Crippen LogP contribution >= 0.6 is 11.3 Å². The monoisotopic (exact) mass is 342 g/mol. The molecule has 0 spiro atoms. The van der Waals surface area contributed by atoms with Crippen LogP contribution in [-0.2, 0) is 5.41 Å². The lowest BCUT2D eigenvalue weighted by Crippen LogP contribution is -2.30. The van der Waals surface area contributed by atoms with Crippen molar-refractivity contribution in [3.8, 4) is 0 Å². The lowest BCUT2D eigenvalue weighted by Gasteiger charge is -2.34. The van der Waals surface area contributed by atoms with Crippen molar-refractivity contribution in [1.82, 2.24) is 4.98 Å². The van der Waals surface area contributed by atoms with Crippen molar-refractivity contribution >= 4 is 17.2 Å². The first-order valence-electron chi connectivity index (χ1n) is 8.20. The minimum Gasteiger partial charge on any atom is -0.383 e. The standard InChI is InChI=1S/C22H18N2S/c23-20-16-25-21(24-20)22(17-10-4-1-5-11-17,18-12-6-2-7-13-18)19-14-8-3-9-15-19/h1-16H,23H2. The van der Waals surface area contributed by atoms with Crippen LogP contribution in [0.5, 0.6) is 0 Å². The molecule has 0 amide bonds. The van der Waals surface area contributed by atoms with Gasteiger partial charge in [0.05, 0.1) is 5.41 Å². The van der Waals surface area contributed by atoms with Crippen LogP contribution in [0.15, 0.2) is 96.4 Å². The molecule has 0 aliphatic heterocycles. The van der Waals surface area contributed by atoms with E-state index in [1.165, 1.54) is 16.7 Å². The van der Waals surface area contributed by atoms with Gasteiger partial charge >= 0.3 is 0 Å². The smallest absolute Gasteiger partial charge is 0.134 e. The highest BCUT2D eigenvalue weighted by molar-refractivity contribution is 7.10. The molecule has 122 valence electrons. The molecular formula is C22H18N2S. The highest BCUT2D eigenvalue weighted by Gasteiger charge is 2.40. The molecule has 0 bridgehead atoms. The van der Waals surface area contributed by atoms with E-state index in [9.17, 15) is 0 Å². The summed E-state index contributed by atoms with van der Waals surface area (Å²) in [7, 11) is 0. The Morgan fingerprint density at radius 1 is 0.640 bits per heavy atom. The number of hydrogen-bond donors (Lipinski definition) is 1. The Morgan fingerprint density at radius 2 is 1.04 bits per heavy atom. The van der Waals surface area contributed by atoms with Crippen molar-refractivity contribution in [2.24, 2.45) is 0 Å². The van der Waals surface area contributed by atoms with Gasteiger partial charge in [0.15, 0.2) is 0 Å². The molecule has 4 rings (SSSR count). The predicted molar refractivity (Wildman–Crippen MR) is 105 cm³/mol. The summed E-state index contributed by atoms with van der Waals surface area (Å²) in [6, 6.07) is 31.6. The van der Waals surface area contributed by atoms with Crippen LogP contribution in [0.1, 0.15) is 21.7 Å². The number of nitrogen functional groups attached to an aromatic ring is 1. The molecule has 0 unspecified atom stereocenters. The van der Waals surface area contributed by atoms with Crippen molar-refractivity contribution in [2.45, 2.75) is 5.41 Å². The molecule has 2 N–H and O–H groups in total. The average Bonchev–Trinajstić information content (AvgIpc) is 3.12. The second-order valence-corrected chi connectivity index (χ2v) is 6.78. The van der Waals surface area contributed by atoms with Crippen LogP contribution in [0.4, 0.5) is 5.82 Å². The predicted octanol–water partition coefficient (Wildman–Crippen LogP) is 5.11. The number of benzene rings is 3. The summed E-state index contributed by atoms with van der Waals surface area (Å²) < 4.78 is 0. The summed E-state index contributed by atoms with van der Waals surface area (Å²) in [4.78, 5) is 4.71. The molecule has 4 aromatic rings. The van der Waals surface area contributed by atoms with Gasteiger partial charge in [-0.1, -0.05) is 91.0 Å². The van der Waals surface area contributed by atoms with Crippen LogP contribution in [0.3, 0.4) is 0 Å². The van der Waals surface area contributed by atoms with Crippen LogP contribution in [0.2, 0.25) is 0 Å². The van der Waals surface area contributed by atoms with E-state index in [1.54, 1.807) is 11.3 Å². The zero-order valence-electron chi connectivity index (χ0n) is 13.7. The first-order valence-corrected chi connectivity index (χ1v) is 9.08. The van der Waals surface area contributed by atoms with E-state index >= 15 is 0 Å². The van der Waals surface area contributed by atoms with Crippen LogP contribution < -0.4 is 5.73 Å². The summed E-state index contributed by atoms with van der Waals surface area (Å²) in [6.07, 6.45) is 0. The van der Waals surface area contributed by atoms with Gasteiger partial charge in [0.1, 0.15) is 10.8 Å². The minimum absolute atomic E-state index is 0.480. The van der Waals surface area contributed by atoms with Gasteiger partial charge in [0.25, 0.3) is 0 Å². The molecule has 0 saturated heterocycles. The maximum absolute atomic E-state index is 6.01. The SMILES string of the molecule is Nc1csc(C(c2ccccc2)(c2ccccc2)c2ccccc2)n1. The number of aromatic nitrogens is 1. The highest BCUT2D eigenvalue weighted by atomic mass is 32.1. The molecule has 1 aromatic heterocycles. The summed E-state index contributed by atoms with van der Waals surface area (Å²) in [5.74, 6) is 0.562. The van der Waals surface area contributed by atoms with Crippen LogP contribution in [-0.4, -0.2) is 4.98 Å². The Balaban J connectivity index is 2.12. The van der Waals surface area contributed by atoms with Gasteiger partial charge < -0.3 is 5.73 Å². The zero-order valence-corrected chi connectivity index (χ0v) is 14.5. The fourth-order valence-electron chi connectivity index (χ4n) is 3.39. The second kappa shape index (κ2) is 6.54. The van der Waals surface area contributed by atoms with Gasteiger partial charge in [0, 0.05) is 5.38 Å². The summed E-state index contributed by atoms with van der Waals surface area (Å²) in [6.45, 7) is 0. The Hall–Kier alpha value is -2.91. The molecule has 2 nitrogen and oxygen atoms in total. The first-order chi connectivity index (χ1) is 12.3. The number of nitrogens with two attached hydrogens (primary N) is 1. The van der Waals surface area contributed by atoms with Crippen molar-refractivity contribution < 1.29 is 0 Å². The van der Waals surface area contributed by atoms with Crippen molar-refractivity contribution in [3.05, 3.63) is 118 Å². The van der Waals surface area contributed by atoms with Crippen LogP contribution in [0.25, 0.3) is 0 Å². The van der Waals surface area contributed by atoms with Gasteiger partial charge in [-0.3, -0.25) is 0 Å². The Kier molecular flexibility index (Phi) is 4.08. The molecular weight excluding hydrogens is 324 g/mol. The Bertz CT molecular complexity index is 850. The Morgan fingerprint density at radius 3 is 1.36 bits per heavy atom. The number of anilines is 1. The van der Waals surface area contributed by atoms with Crippen molar-refractivity contribution in [3.63, 3.8) is 0 Å². The fourth-order valence-corrected chi connectivity index (χ4v) is 4.37. The fraction of sp³-hybridized carbons (Fsp3) is 0.0455. The number of rotatable bonds is 4. The van der Waals surface area contributed by atoms with Crippen molar-refractivity contribution in [1.29, 1.82) is 0 Å². The molecule has 0 saturated carbocycles. The molecule has 25 heavy (non-hydrogen) atoms. The third kappa shape index (κ3) is 2.63. The Labute approximate surface area is 151 Å². The number of hydrogen-bond acceptors (Lipinski definition) is 3. The summed E-state index contributed by atoms with van der Waals surface area (Å²) in [5.41, 5.74) is 9.08. The largest absolute Gasteiger partial charge is 0.383 e. The van der Waals surface area contributed by atoms with E-state index in [-0.39, 0.29) is 0 Å². The van der Waals surface area contributed by atoms with Crippen LogP contribution in [0, 0.1) is 0 Å². The van der Waals surface area contributed by atoms with Gasteiger partial charge in [-0.15, -0.1) is 11.3 Å². The van der Waals surface area contributed by atoms with E-state index in [2.05, 4.69) is 72.8 Å². The maximum Gasteiger partial charge on any atom is 0.134 e. The van der Waals surface area contributed by atoms with Gasteiger partial charge in [-0.2, -0.15) is 0 Å². The third-order valence-electron chi connectivity index (χ3n) is 4.46. The molecule has 0 fully saturated rings. The lowest BCUT2D eigenvalue weighted by atomic mass is 9.70. The third-order valence-corrected chi connectivity index (χ3v) is 5.44.